The lowest BCUT2D eigenvalue weighted by atomic mass is 10.0. The third-order valence-corrected chi connectivity index (χ3v) is 8.35. The van der Waals surface area contributed by atoms with E-state index in [2.05, 4.69) is 13.5 Å². The predicted molar refractivity (Wildman–Crippen MR) is 195 cm³/mol. The Hall–Kier alpha value is -4.39. The van der Waals surface area contributed by atoms with Crippen LogP contribution in [-0.2, 0) is 14.3 Å². The number of ether oxygens (including phenoxy) is 4. The van der Waals surface area contributed by atoms with Crippen LogP contribution in [0.3, 0.4) is 0 Å². The molecule has 3 aromatic rings. The second-order valence-electron chi connectivity index (χ2n) is 12.5. The number of hydrogen-bond acceptors (Lipinski definition) is 7. The Bertz CT molecular complexity index is 1390. The lowest BCUT2D eigenvalue weighted by Crippen LogP contribution is -2.15. The van der Waals surface area contributed by atoms with Gasteiger partial charge in [0.15, 0.2) is 0 Å². The third-order valence-electron chi connectivity index (χ3n) is 8.35. The highest BCUT2D eigenvalue weighted by Crippen LogP contribution is 2.24. The van der Waals surface area contributed by atoms with Crippen molar-refractivity contribution in [3.05, 3.63) is 96.6 Å². The van der Waals surface area contributed by atoms with Gasteiger partial charge in [-0.3, -0.25) is 0 Å². The Morgan fingerprint density at radius 2 is 1.10 bits per heavy atom. The van der Waals surface area contributed by atoms with Gasteiger partial charge >= 0.3 is 17.9 Å². The maximum absolute atomic E-state index is 12.7. The molecule has 0 aliphatic carbocycles. The normalized spacial score (nSPS) is 11.4. The number of carbonyl (C=O) groups is 3. The van der Waals surface area contributed by atoms with Crippen LogP contribution in [0.2, 0.25) is 0 Å². The van der Waals surface area contributed by atoms with Crippen LogP contribution in [-0.4, -0.2) is 37.2 Å². The summed E-state index contributed by atoms with van der Waals surface area (Å²) in [5, 5.41) is 0. The molecular formula is C42H54O7. The zero-order valence-electron chi connectivity index (χ0n) is 29.5. The van der Waals surface area contributed by atoms with E-state index >= 15 is 0 Å². The van der Waals surface area contributed by atoms with Crippen LogP contribution >= 0.6 is 0 Å². The lowest BCUT2D eigenvalue weighted by Gasteiger charge is -2.13. The number of benzene rings is 3. The summed E-state index contributed by atoms with van der Waals surface area (Å²) in [4.78, 5) is 36.3. The molecule has 0 amide bonds. The predicted octanol–water partition coefficient (Wildman–Crippen LogP) is 10.7. The summed E-state index contributed by atoms with van der Waals surface area (Å²) in [6, 6.07) is 21.7. The van der Waals surface area contributed by atoms with Crippen LogP contribution in [0.4, 0.5) is 0 Å². The number of carbonyl (C=O) groups excluding carboxylic acids is 3. The van der Waals surface area contributed by atoms with Crippen molar-refractivity contribution in [2.75, 3.05) is 13.2 Å². The minimum absolute atomic E-state index is 0.0979. The summed E-state index contributed by atoms with van der Waals surface area (Å²) < 4.78 is 22.0. The largest absolute Gasteiger partial charge is 0.494 e. The van der Waals surface area contributed by atoms with Gasteiger partial charge in [0, 0.05) is 6.08 Å². The molecule has 0 aliphatic rings. The number of unbranched alkanes of at least 4 members (excludes halogenated alkanes) is 11. The molecule has 0 spiro atoms. The number of hydrogen-bond donors (Lipinski definition) is 0. The van der Waals surface area contributed by atoms with Gasteiger partial charge in [0.25, 0.3) is 0 Å². The van der Waals surface area contributed by atoms with Gasteiger partial charge in [-0.15, -0.1) is 0 Å². The first-order chi connectivity index (χ1) is 23.9. The summed E-state index contributed by atoms with van der Waals surface area (Å²) in [6.07, 6.45) is 16.7. The van der Waals surface area contributed by atoms with Gasteiger partial charge < -0.3 is 18.9 Å². The van der Waals surface area contributed by atoms with Gasteiger partial charge in [-0.2, -0.15) is 0 Å². The molecule has 1 atom stereocenters. The summed E-state index contributed by atoms with van der Waals surface area (Å²) in [5.74, 6) is 0.104. The fourth-order valence-electron chi connectivity index (χ4n) is 5.40. The molecule has 0 radical (unpaired) electrons. The van der Waals surface area contributed by atoms with Crippen molar-refractivity contribution < 1.29 is 33.3 Å². The molecule has 3 rings (SSSR count). The summed E-state index contributed by atoms with van der Waals surface area (Å²) in [7, 11) is 0. The van der Waals surface area contributed by atoms with Crippen molar-refractivity contribution in [2.24, 2.45) is 0 Å². The van der Waals surface area contributed by atoms with Crippen molar-refractivity contribution in [3.63, 3.8) is 0 Å². The monoisotopic (exact) mass is 670 g/mol. The molecule has 0 saturated carbocycles. The molecular weight excluding hydrogens is 616 g/mol. The molecule has 0 aliphatic heterocycles. The van der Waals surface area contributed by atoms with E-state index in [1.54, 1.807) is 48.5 Å². The molecule has 0 saturated heterocycles. The Labute approximate surface area is 293 Å². The Kier molecular flexibility index (Phi) is 18.4. The molecule has 264 valence electrons. The van der Waals surface area contributed by atoms with E-state index in [-0.39, 0.29) is 18.0 Å². The Morgan fingerprint density at radius 3 is 1.69 bits per heavy atom. The lowest BCUT2D eigenvalue weighted by molar-refractivity contribution is -0.137. The molecule has 0 unspecified atom stereocenters. The highest BCUT2D eigenvalue weighted by atomic mass is 16.5. The quantitative estimate of drug-likeness (QED) is 0.0405. The highest BCUT2D eigenvalue weighted by Gasteiger charge is 2.13. The van der Waals surface area contributed by atoms with E-state index < -0.39 is 5.97 Å². The zero-order chi connectivity index (χ0) is 35.1. The van der Waals surface area contributed by atoms with Crippen molar-refractivity contribution in [1.29, 1.82) is 0 Å². The van der Waals surface area contributed by atoms with Crippen molar-refractivity contribution in [2.45, 2.75) is 110 Å². The topological polar surface area (TPSA) is 88.1 Å². The van der Waals surface area contributed by atoms with Crippen LogP contribution in [0.1, 0.15) is 124 Å². The van der Waals surface area contributed by atoms with Crippen LogP contribution < -0.4 is 9.47 Å². The third kappa shape index (κ3) is 15.6. The first-order valence-electron chi connectivity index (χ1n) is 18.0. The fraction of sp³-hybridized carbons (Fsp3) is 0.452. The molecule has 0 N–H and O–H groups in total. The average molecular weight is 671 g/mol. The van der Waals surface area contributed by atoms with Crippen LogP contribution in [0.5, 0.6) is 11.5 Å². The van der Waals surface area contributed by atoms with Crippen molar-refractivity contribution in [3.8, 4) is 22.6 Å². The Morgan fingerprint density at radius 1 is 0.612 bits per heavy atom. The van der Waals surface area contributed by atoms with E-state index in [1.165, 1.54) is 57.4 Å². The SMILES string of the molecule is C=CC(=O)OCCCCCCCCCCCOc1ccc(C(=O)Oc2ccc(-c3ccc(C(=O)O[C@H](C)CCCCCC)cc3)cc2)cc1. The van der Waals surface area contributed by atoms with E-state index in [4.69, 9.17) is 18.9 Å². The first kappa shape index (κ1) is 39.1. The highest BCUT2D eigenvalue weighted by molar-refractivity contribution is 5.91. The fourth-order valence-corrected chi connectivity index (χ4v) is 5.40. The number of esters is 3. The summed E-state index contributed by atoms with van der Waals surface area (Å²) in [6.45, 7) is 8.64. The van der Waals surface area contributed by atoms with E-state index in [0.717, 1.165) is 55.4 Å². The maximum atomic E-state index is 12.7. The van der Waals surface area contributed by atoms with Gasteiger partial charge in [0.2, 0.25) is 0 Å². The molecule has 3 aromatic carbocycles. The smallest absolute Gasteiger partial charge is 0.343 e. The summed E-state index contributed by atoms with van der Waals surface area (Å²) >= 11 is 0. The molecule has 0 fully saturated rings. The molecule has 7 heteroatoms. The van der Waals surface area contributed by atoms with Crippen LogP contribution in [0, 0.1) is 0 Å². The van der Waals surface area contributed by atoms with Crippen molar-refractivity contribution >= 4 is 17.9 Å². The van der Waals surface area contributed by atoms with E-state index in [9.17, 15) is 14.4 Å². The second kappa shape index (κ2) is 23.0. The van der Waals surface area contributed by atoms with E-state index in [1.807, 2.05) is 31.2 Å². The maximum Gasteiger partial charge on any atom is 0.343 e. The van der Waals surface area contributed by atoms with Gasteiger partial charge in [0.1, 0.15) is 11.5 Å². The van der Waals surface area contributed by atoms with Crippen LogP contribution in [0.25, 0.3) is 11.1 Å². The minimum atomic E-state index is -0.433. The first-order valence-corrected chi connectivity index (χ1v) is 18.0. The minimum Gasteiger partial charge on any atom is -0.494 e. The standard InChI is InChI=1S/C42H54O7/c1-4-6-7-15-18-33(3)48-41(44)36-21-19-34(20-22-36)35-23-29-39(30-24-35)49-42(45)37-25-27-38(28-26-37)46-31-16-13-11-9-8-10-12-14-17-32-47-40(43)5-2/h5,19-30,33H,2,4,6-18,31-32H2,1,3H3/t33-/m1/s1. The average Bonchev–Trinajstić information content (AvgIpc) is 3.12. The van der Waals surface area contributed by atoms with Gasteiger partial charge in [-0.1, -0.05) is 102 Å². The van der Waals surface area contributed by atoms with Gasteiger partial charge in [-0.25, -0.2) is 14.4 Å². The molecule has 0 aromatic heterocycles. The van der Waals surface area contributed by atoms with Gasteiger partial charge in [0.05, 0.1) is 30.4 Å². The molecule has 0 heterocycles. The number of rotatable bonds is 24. The Balaban J connectivity index is 1.30. The summed E-state index contributed by atoms with van der Waals surface area (Å²) in [5.41, 5.74) is 2.88. The van der Waals surface area contributed by atoms with Gasteiger partial charge in [-0.05, 0) is 92.3 Å². The zero-order valence-corrected chi connectivity index (χ0v) is 29.5. The van der Waals surface area contributed by atoms with E-state index in [0.29, 0.717) is 30.1 Å². The second-order valence-corrected chi connectivity index (χ2v) is 12.5. The molecule has 49 heavy (non-hydrogen) atoms. The van der Waals surface area contributed by atoms with Crippen molar-refractivity contribution in [1.82, 2.24) is 0 Å². The van der Waals surface area contributed by atoms with Crippen LogP contribution in [0.15, 0.2) is 85.5 Å². The molecule has 7 nitrogen and oxygen atoms in total. The molecule has 0 bridgehead atoms.